The average Bonchev–Trinajstić information content (AvgIpc) is 3.55. The van der Waals surface area contributed by atoms with E-state index in [9.17, 15) is 23.8 Å². The average molecular weight is 823 g/mol. The molecule has 2 aliphatic carbocycles. The van der Waals surface area contributed by atoms with E-state index >= 15 is 0 Å². The van der Waals surface area contributed by atoms with Crippen LogP contribution in [0.1, 0.15) is 80.1 Å². The fraction of sp³-hybridized carbons (Fsp3) is 0.537. The molecular formula is C41H55N6O8PS. The molecule has 1 aromatic carbocycles. The van der Waals surface area contributed by atoms with Crippen LogP contribution in [0.4, 0.5) is 9.93 Å². The first-order chi connectivity index (χ1) is 27.0. The molecule has 1 saturated heterocycles. The maximum absolute atomic E-state index is 14.7. The molecule has 3 heterocycles. The summed E-state index contributed by atoms with van der Waals surface area (Å²) >= 11 is 1.46. The number of allylic oxidation sites excluding steroid dienone is 1. The number of nitrogens with zero attached hydrogens (tertiary/aromatic N) is 3. The maximum atomic E-state index is 14.7. The number of carbonyl (C=O) groups is 3. The molecule has 2 saturated carbocycles. The van der Waals surface area contributed by atoms with Gasteiger partial charge in [-0.05, 0) is 76.2 Å². The molecule has 308 valence electrons. The van der Waals surface area contributed by atoms with Gasteiger partial charge in [0.05, 0.1) is 24.9 Å². The van der Waals surface area contributed by atoms with Gasteiger partial charge in [-0.1, -0.05) is 32.9 Å². The molecule has 1 unspecified atom stereocenters. The molecule has 6 atom stereocenters. The second-order valence-electron chi connectivity index (χ2n) is 16.5. The van der Waals surface area contributed by atoms with E-state index in [1.165, 1.54) is 28.1 Å². The molecule has 14 nitrogen and oxygen atoms in total. The lowest BCUT2D eigenvalue weighted by molar-refractivity contribution is -0.142. The van der Waals surface area contributed by atoms with Crippen LogP contribution in [0.5, 0.6) is 11.5 Å². The van der Waals surface area contributed by atoms with E-state index in [-0.39, 0.29) is 31.5 Å². The number of alkyl carbamates (subject to hydrolysis) is 1. The summed E-state index contributed by atoms with van der Waals surface area (Å²) in [5, 5.41) is 10.9. The number of carbonyl (C=O) groups excluding carboxylic acids is 3. The zero-order valence-electron chi connectivity index (χ0n) is 33.7. The van der Waals surface area contributed by atoms with Gasteiger partial charge in [-0.15, -0.1) is 17.9 Å². The van der Waals surface area contributed by atoms with Crippen LogP contribution in [0, 0.1) is 11.3 Å². The van der Waals surface area contributed by atoms with Crippen LogP contribution in [-0.4, -0.2) is 86.9 Å². The third kappa shape index (κ3) is 9.16. The largest absolute Gasteiger partial charge is 0.497 e. The summed E-state index contributed by atoms with van der Waals surface area (Å²) in [4.78, 5) is 64.6. The quantitative estimate of drug-likeness (QED) is 0.0937. The van der Waals surface area contributed by atoms with Crippen molar-refractivity contribution >= 4 is 52.6 Å². The van der Waals surface area contributed by atoms with Gasteiger partial charge in [0.2, 0.25) is 19.2 Å². The normalized spacial score (nSPS) is 23.9. The van der Waals surface area contributed by atoms with Gasteiger partial charge in [0.15, 0.2) is 5.13 Å². The summed E-state index contributed by atoms with van der Waals surface area (Å²) in [6.45, 7) is 15.0. The number of fused-ring (bicyclic) bond motifs is 1. The topological polar surface area (TPSA) is 181 Å². The molecule has 1 aliphatic heterocycles. The molecule has 4 N–H and O–H groups in total. The highest BCUT2D eigenvalue weighted by atomic mass is 32.1. The fourth-order valence-electron chi connectivity index (χ4n) is 7.69. The number of ether oxygens (including phenoxy) is 3. The number of hydrogen-bond acceptors (Lipinski definition) is 11. The molecule has 0 bridgehead atoms. The minimum Gasteiger partial charge on any atom is -0.497 e. The van der Waals surface area contributed by atoms with E-state index in [2.05, 4.69) is 22.5 Å². The number of rotatable bonds is 14. The fourth-order valence-corrected chi connectivity index (χ4v) is 10.5. The summed E-state index contributed by atoms with van der Waals surface area (Å²) in [5.41, 5.74) is 1.02. The summed E-state index contributed by atoms with van der Waals surface area (Å²) in [5.74, 6) is 0.747. The molecule has 3 aliphatic rings. The third-order valence-corrected chi connectivity index (χ3v) is 14.0. The standard InChI is InChI=1S/C41H55N6O8PS/c1-9-17-56(51,52)41(21-25(41)10-2)46-36(48)33-19-28(22-47(33)37(49)35(40(5,6)7)45-39(50)55-26-13-11-12-14-26)54-34-20-31(32-23-57-38(44-32)42-24(3)4)43-30-18-27(53-8)15-16-29(30)34/h9-10,15-18,20,23-26,28,33,35H,2,11-14,19,21-22H2,1,3-8H3,(H,42,44)(H,45,50)(H,46,48)(H,51,52)/b17-9-/t25-,28-,33+,35-,41+/m1/s1. The van der Waals surface area contributed by atoms with Gasteiger partial charge in [-0.3, -0.25) is 14.2 Å². The summed E-state index contributed by atoms with van der Waals surface area (Å²) in [7, 11) is -2.46. The van der Waals surface area contributed by atoms with Crippen LogP contribution in [0.2, 0.25) is 0 Å². The number of methoxy groups -OCH3 is 1. The number of hydrogen-bond donors (Lipinski definition) is 4. The monoisotopic (exact) mass is 822 g/mol. The SMILES string of the molecule is C=C[C@@H]1C[C@]1(NC(=O)[C@@H]1C[C@@H](Oc2cc(-c3csc(NC(C)C)n3)nc3cc(OC)ccc23)CN1C(=O)[C@@H](NC(=O)OC1CCCC1)C(C)(C)C)P(=O)(O)/C=C\C. The van der Waals surface area contributed by atoms with Gasteiger partial charge < -0.3 is 40.0 Å². The Kier molecular flexibility index (Phi) is 12.4. The lowest BCUT2D eigenvalue weighted by Crippen LogP contribution is -2.58. The second-order valence-corrected chi connectivity index (χ2v) is 19.7. The number of nitrogens with one attached hydrogen (secondary N) is 3. The van der Waals surface area contributed by atoms with Gasteiger partial charge in [-0.2, -0.15) is 0 Å². The van der Waals surface area contributed by atoms with Crippen LogP contribution < -0.4 is 25.4 Å². The Morgan fingerprint density at radius 2 is 1.86 bits per heavy atom. The van der Waals surface area contributed by atoms with E-state index in [4.69, 9.17) is 24.2 Å². The number of pyridine rings is 1. The van der Waals surface area contributed by atoms with Gasteiger partial charge in [0, 0.05) is 41.3 Å². The van der Waals surface area contributed by atoms with Crippen molar-refractivity contribution in [3.8, 4) is 22.9 Å². The number of benzene rings is 1. The number of amides is 3. The Morgan fingerprint density at radius 1 is 1.12 bits per heavy atom. The molecule has 6 rings (SSSR count). The first-order valence-electron chi connectivity index (χ1n) is 19.5. The minimum absolute atomic E-state index is 0.0130. The lowest BCUT2D eigenvalue weighted by atomic mass is 9.85. The molecule has 0 spiro atoms. The van der Waals surface area contributed by atoms with Gasteiger partial charge in [0.25, 0.3) is 0 Å². The Bertz CT molecular complexity index is 2080. The number of anilines is 1. The van der Waals surface area contributed by atoms with Gasteiger partial charge in [0.1, 0.15) is 46.8 Å². The molecule has 0 radical (unpaired) electrons. The second kappa shape index (κ2) is 16.8. The Labute approximate surface area is 338 Å². The van der Waals surface area contributed by atoms with Crippen LogP contribution in [0.15, 0.2) is 54.2 Å². The predicted molar refractivity (Wildman–Crippen MR) is 222 cm³/mol. The molecule has 57 heavy (non-hydrogen) atoms. The molecule has 2 aromatic heterocycles. The Hall–Kier alpha value is -4.46. The summed E-state index contributed by atoms with van der Waals surface area (Å²) in [6.07, 6.45) is 5.19. The molecule has 3 aromatic rings. The summed E-state index contributed by atoms with van der Waals surface area (Å²) < 4.78 is 31.6. The van der Waals surface area contributed by atoms with Crippen molar-refractivity contribution < 1.29 is 38.1 Å². The first-order valence-corrected chi connectivity index (χ1v) is 22.2. The zero-order chi connectivity index (χ0) is 41.3. The van der Waals surface area contributed by atoms with Crippen LogP contribution >= 0.6 is 18.7 Å². The van der Waals surface area contributed by atoms with Gasteiger partial charge in [-0.25, -0.2) is 14.8 Å². The molecule has 3 fully saturated rings. The number of likely N-dealkylation sites (tertiary alicyclic amines) is 1. The van der Waals surface area contributed by atoms with E-state index in [0.29, 0.717) is 33.8 Å². The highest BCUT2D eigenvalue weighted by Crippen LogP contribution is 2.70. The van der Waals surface area contributed by atoms with E-state index in [0.717, 1.165) is 30.8 Å². The molecular weight excluding hydrogens is 768 g/mol. The number of thiazole rings is 1. The van der Waals surface area contributed by atoms with Crippen molar-refractivity contribution in [1.82, 2.24) is 25.5 Å². The number of aromatic nitrogens is 2. The van der Waals surface area contributed by atoms with Crippen molar-refractivity contribution in [3.63, 3.8) is 0 Å². The van der Waals surface area contributed by atoms with Gasteiger partial charge >= 0.3 is 6.09 Å². The maximum Gasteiger partial charge on any atom is 0.408 e. The van der Waals surface area contributed by atoms with Crippen molar-refractivity contribution in [2.45, 2.75) is 116 Å². The Morgan fingerprint density at radius 3 is 2.49 bits per heavy atom. The van der Waals surface area contributed by atoms with E-state index in [1.54, 1.807) is 38.3 Å². The highest BCUT2D eigenvalue weighted by molar-refractivity contribution is 7.63. The van der Waals surface area contributed by atoms with Crippen LogP contribution in [0.25, 0.3) is 22.3 Å². The smallest absolute Gasteiger partial charge is 0.408 e. The molecule has 16 heteroatoms. The van der Waals surface area contributed by atoms with Crippen molar-refractivity contribution in [1.29, 1.82) is 0 Å². The minimum atomic E-state index is -4.04. The Balaban J connectivity index is 1.35. The lowest BCUT2D eigenvalue weighted by Gasteiger charge is -2.35. The summed E-state index contributed by atoms with van der Waals surface area (Å²) in [6, 6.07) is 5.26. The van der Waals surface area contributed by atoms with Crippen LogP contribution in [0.3, 0.4) is 0 Å². The van der Waals surface area contributed by atoms with Crippen molar-refractivity contribution in [2.24, 2.45) is 11.3 Å². The zero-order valence-corrected chi connectivity index (χ0v) is 35.5. The van der Waals surface area contributed by atoms with Crippen molar-refractivity contribution in [3.05, 3.63) is 54.2 Å². The highest BCUT2D eigenvalue weighted by Gasteiger charge is 2.65. The molecule has 3 amide bonds. The van der Waals surface area contributed by atoms with Crippen LogP contribution in [-0.2, 0) is 18.9 Å². The predicted octanol–water partition coefficient (Wildman–Crippen LogP) is 7.44. The first kappa shape index (κ1) is 42.2. The van der Waals surface area contributed by atoms with E-state index in [1.807, 2.05) is 46.1 Å². The van der Waals surface area contributed by atoms with Crippen molar-refractivity contribution in [2.75, 3.05) is 19.0 Å². The third-order valence-electron chi connectivity index (χ3n) is 10.8. The van der Waals surface area contributed by atoms with E-state index < -0.39 is 60.1 Å².